The highest BCUT2D eigenvalue weighted by molar-refractivity contribution is 5.25. The number of benzene rings is 1. The lowest BCUT2D eigenvalue weighted by molar-refractivity contribution is -0.145. The number of likely N-dealkylation sites (N-methyl/N-ethyl adjacent to an activating group) is 1. The van der Waals surface area contributed by atoms with E-state index in [9.17, 15) is 22.0 Å². The van der Waals surface area contributed by atoms with Crippen molar-refractivity contribution in [1.82, 2.24) is 24.6 Å². The minimum Gasteiger partial charge on any atom is -0.326 e. The lowest BCUT2D eigenvalue weighted by atomic mass is 9.88. The van der Waals surface area contributed by atoms with Crippen LogP contribution in [0.1, 0.15) is 29.7 Å². The summed E-state index contributed by atoms with van der Waals surface area (Å²) in [5.74, 6) is -1.91. The summed E-state index contributed by atoms with van der Waals surface area (Å²) in [5, 5.41) is 3.54. The first-order valence-electron chi connectivity index (χ1n) is 9.29. The number of rotatable bonds is 2. The van der Waals surface area contributed by atoms with Gasteiger partial charge in [-0.1, -0.05) is 0 Å². The molecule has 0 spiro atoms. The summed E-state index contributed by atoms with van der Waals surface area (Å²) in [6.07, 6.45) is -4.07. The van der Waals surface area contributed by atoms with Crippen molar-refractivity contribution in [2.45, 2.75) is 43.8 Å². The van der Waals surface area contributed by atoms with Gasteiger partial charge in [0.1, 0.15) is 17.5 Å². The summed E-state index contributed by atoms with van der Waals surface area (Å²) in [6, 6.07) is 2.34. The molecule has 0 bridgehead atoms. The smallest absolute Gasteiger partial charge is 0.326 e. The average Bonchev–Trinajstić information content (AvgIpc) is 3.07. The van der Waals surface area contributed by atoms with Crippen molar-refractivity contribution in [2.24, 2.45) is 5.73 Å². The summed E-state index contributed by atoms with van der Waals surface area (Å²) in [7, 11) is 1.79. The number of halogens is 5. The maximum atomic E-state index is 14.2. The van der Waals surface area contributed by atoms with Crippen LogP contribution >= 0.6 is 0 Å². The number of aromatic nitrogens is 3. The molecule has 2 aromatic rings. The van der Waals surface area contributed by atoms with Crippen LogP contribution in [0.3, 0.4) is 0 Å². The molecule has 2 aliphatic heterocycles. The van der Waals surface area contributed by atoms with Gasteiger partial charge in [0, 0.05) is 30.7 Å². The Hall–Kier alpha value is -2.11. The van der Waals surface area contributed by atoms with Crippen LogP contribution in [-0.4, -0.2) is 56.8 Å². The lowest BCUT2D eigenvalue weighted by Gasteiger charge is -2.46. The zero-order chi connectivity index (χ0) is 20.9. The van der Waals surface area contributed by atoms with Gasteiger partial charge in [-0.15, -0.1) is 5.10 Å². The first kappa shape index (κ1) is 20.2. The zero-order valence-electron chi connectivity index (χ0n) is 15.7. The van der Waals surface area contributed by atoms with Crippen molar-refractivity contribution >= 4 is 0 Å². The number of alkyl halides is 3. The van der Waals surface area contributed by atoms with E-state index in [0.29, 0.717) is 26.1 Å². The monoisotopic (exact) mass is 416 g/mol. The fourth-order valence-electron chi connectivity index (χ4n) is 4.35. The molecule has 0 saturated carbocycles. The summed E-state index contributed by atoms with van der Waals surface area (Å²) >= 11 is 0. The standard InChI is InChI=1S/C18H21F5N6/c1-27-8-11(7-14(24)16(27)12-6-10(19)2-3-13(12)20)28-4-5-29-15(9-28)25-17(26-29)18(21,22)23/h2-3,6,11,14,16H,4-5,7-9,24H2,1H3. The van der Waals surface area contributed by atoms with Crippen LogP contribution in [-0.2, 0) is 19.3 Å². The molecule has 3 unspecified atom stereocenters. The van der Waals surface area contributed by atoms with Crippen LogP contribution in [0.15, 0.2) is 18.2 Å². The second kappa shape index (κ2) is 7.29. The highest BCUT2D eigenvalue weighted by Gasteiger charge is 2.40. The van der Waals surface area contributed by atoms with Crippen LogP contribution in [0.5, 0.6) is 0 Å². The molecule has 1 saturated heterocycles. The van der Waals surface area contributed by atoms with Gasteiger partial charge in [0.05, 0.1) is 19.1 Å². The molecule has 0 amide bonds. The summed E-state index contributed by atoms with van der Waals surface area (Å²) in [4.78, 5) is 7.54. The highest BCUT2D eigenvalue weighted by Crippen LogP contribution is 2.34. The molecule has 4 rings (SSSR count). The van der Waals surface area contributed by atoms with Gasteiger partial charge in [-0.25, -0.2) is 18.4 Å². The van der Waals surface area contributed by atoms with Crippen LogP contribution in [0.2, 0.25) is 0 Å². The Labute approximate surface area is 164 Å². The molecule has 2 N–H and O–H groups in total. The van der Waals surface area contributed by atoms with Crippen LogP contribution in [0.25, 0.3) is 0 Å². The van der Waals surface area contributed by atoms with Crippen molar-refractivity contribution in [3.05, 3.63) is 47.0 Å². The number of fused-ring (bicyclic) bond motifs is 1. The van der Waals surface area contributed by atoms with Gasteiger partial charge in [-0.05, 0) is 31.7 Å². The van der Waals surface area contributed by atoms with E-state index in [1.807, 2.05) is 9.80 Å². The second-order valence-electron chi connectivity index (χ2n) is 7.65. The molecule has 11 heteroatoms. The van der Waals surface area contributed by atoms with Gasteiger partial charge in [-0.2, -0.15) is 13.2 Å². The summed E-state index contributed by atoms with van der Waals surface area (Å²) in [6.45, 7) is 1.57. The fraction of sp³-hybridized carbons (Fsp3) is 0.556. The van der Waals surface area contributed by atoms with Crippen molar-refractivity contribution in [1.29, 1.82) is 0 Å². The molecule has 3 heterocycles. The summed E-state index contributed by atoms with van der Waals surface area (Å²) in [5.41, 5.74) is 6.55. The number of hydrogen-bond donors (Lipinski definition) is 1. The third kappa shape index (κ3) is 3.86. The van der Waals surface area contributed by atoms with Crippen molar-refractivity contribution in [3.63, 3.8) is 0 Å². The van der Waals surface area contributed by atoms with E-state index in [-0.39, 0.29) is 24.0 Å². The highest BCUT2D eigenvalue weighted by atomic mass is 19.4. The molecule has 29 heavy (non-hydrogen) atoms. The number of hydrogen-bond acceptors (Lipinski definition) is 5. The molecule has 0 radical (unpaired) electrons. The van der Waals surface area contributed by atoms with E-state index < -0.39 is 35.7 Å². The van der Waals surface area contributed by atoms with Crippen LogP contribution in [0.4, 0.5) is 22.0 Å². The molecule has 0 aliphatic carbocycles. The number of piperidine rings is 1. The normalized spacial score (nSPS) is 26.5. The van der Waals surface area contributed by atoms with Crippen molar-refractivity contribution < 1.29 is 22.0 Å². The first-order valence-corrected chi connectivity index (χ1v) is 9.29. The van der Waals surface area contributed by atoms with Crippen LogP contribution < -0.4 is 5.73 Å². The predicted octanol–water partition coefficient (Wildman–Crippen LogP) is 2.16. The van der Waals surface area contributed by atoms with Gasteiger partial charge in [0.25, 0.3) is 5.82 Å². The minimum atomic E-state index is -4.58. The maximum Gasteiger partial charge on any atom is 0.453 e. The Morgan fingerprint density at radius 3 is 2.62 bits per heavy atom. The quantitative estimate of drug-likeness (QED) is 0.761. The van der Waals surface area contributed by atoms with E-state index in [1.165, 1.54) is 10.7 Å². The third-order valence-corrected chi connectivity index (χ3v) is 5.66. The largest absolute Gasteiger partial charge is 0.453 e. The maximum absolute atomic E-state index is 14.2. The Morgan fingerprint density at radius 1 is 1.17 bits per heavy atom. The first-order chi connectivity index (χ1) is 13.6. The van der Waals surface area contributed by atoms with Gasteiger partial charge < -0.3 is 5.73 Å². The summed E-state index contributed by atoms with van der Waals surface area (Å²) < 4.78 is 67.7. The molecule has 6 nitrogen and oxygen atoms in total. The Kier molecular flexibility index (Phi) is 5.07. The van der Waals surface area contributed by atoms with Crippen molar-refractivity contribution in [2.75, 3.05) is 20.1 Å². The van der Waals surface area contributed by atoms with Gasteiger partial charge in [0.2, 0.25) is 0 Å². The Morgan fingerprint density at radius 2 is 1.93 bits per heavy atom. The molecule has 1 aromatic carbocycles. The van der Waals surface area contributed by atoms with Crippen LogP contribution in [0, 0.1) is 11.6 Å². The molecular weight excluding hydrogens is 395 g/mol. The van der Waals surface area contributed by atoms with Gasteiger partial charge >= 0.3 is 6.18 Å². The van der Waals surface area contributed by atoms with Crippen molar-refractivity contribution in [3.8, 4) is 0 Å². The number of nitrogens with two attached hydrogens (primary N) is 1. The predicted molar refractivity (Wildman–Crippen MR) is 93.5 cm³/mol. The minimum absolute atomic E-state index is 0.0392. The number of nitrogens with zero attached hydrogens (tertiary/aromatic N) is 5. The molecule has 1 fully saturated rings. The lowest BCUT2D eigenvalue weighted by Crippen LogP contribution is -2.56. The average molecular weight is 416 g/mol. The number of likely N-dealkylation sites (tertiary alicyclic amines) is 1. The van der Waals surface area contributed by atoms with E-state index in [0.717, 1.165) is 12.1 Å². The molecular formula is C18H21F5N6. The fourth-order valence-corrected chi connectivity index (χ4v) is 4.35. The van der Waals surface area contributed by atoms with E-state index in [2.05, 4.69) is 10.1 Å². The Bertz CT molecular complexity index is 885. The topological polar surface area (TPSA) is 63.2 Å². The van der Waals surface area contributed by atoms with E-state index in [1.54, 1.807) is 7.05 Å². The second-order valence-corrected chi connectivity index (χ2v) is 7.65. The van der Waals surface area contributed by atoms with Gasteiger partial charge in [0.15, 0.2) is 0 Å². The molecule has 3 atom stereocenters. The zero-order valence-corrected chi connectivity index (χ0v) is 15.7. The van der Waals surface area contributed by atoms with E-state index >= 15 is 0 Å². The van der Waals surface area contributed by atoms with Gasteiger partial charge in [-0.3, -0.25) is 9.80 Å². The van der Waals surface area contributed by atoms with E-state index in [4.69, 9.17) is 5.73 Å². The molecule has 2 aliphatic rings. The Balaban J connectivity index is 1.50. The SMILES string of the molecule is CN1CC(N2CCn3nc(C(F)(F)F)nc3C2)CC(N)C1c1cc(F)ccc1F. The molecule has 1 aromatic heterocycles. The third-order valence-electron chi connectivity index (χ3n) is 5.66. The molecule has 158 valence electrons.